The van der Waals surface area contributed by atoms with Crippen LogP contribution in [0.3, 0.4) is 0 Å². The van der Waals surface area contributed by atoms with Crippen LogP contribution in [0.4, 0.5) is 0 Å². The minimum atomic E-state index is 0.255. The van der Waals surface area contributed by atoms with E-state index >= 15 is 0 Å². The summed E-state index contributed by atoms with van der Waals surface area (Å²) < 4.78 is 0. The molecule has 0 aliphatic carbocycles. The molecule has 0 saturated heterocycles. The van der Waals surface area contributed by atoms with Gasteiger partial charge >= 0.3 is 0 Å². The molecule has 0 radical (unpaired) electrons. The summed E-state index contributed by atoms with van der Waals surface area (Å²) in [5.41, 5.74) is 1.37. The van der Waals surface area contributed by atoms with E-state index in [9.17, 15) is 0 Å². The number of hydrogen-bond donors (Lipinski definition) is 0. The Morgan fingerprint density at radius 2 is 1.75 bits per heavy atom. The normalized spacial score (nSPS) is 15.6. The summed E-state index contributed by atoms with van der Waals surface area (Å²) in [4.78, 5) is 0. The molecule has 1 heteroatoms. The largest absolute Gasteiger partial charge is 0.123 e. The summed E-state index contributed by atoms with van der Waals surface area (Å²) >= 11 is 5.98. The third-order valence-corrected chi connectivity index (χ3v) is 2.61. The number of halogens is 1. The lowest BCUT2D eigenvalue weighted by molar-refractivity contribution is 0.568. The van der Waals surface area contributed by atoms with Crippen molar-refractivity contribution in [2.45, 2.75) is 25.6 Å². The van der Waals surface area contributed by atoms with Crippen LogP contribution < -0.4 is 0 Å². The highest BCUT2D eigenvalue weighted by Gasteiger charge is 2.08. The van der Waals surface area contributed by atoms with Crippen molar-refractivity contribution in [2.24, 2.45) is 5.92 Å². The number of rotatable bonds is 3. The number of alkyl halides is 1. The monoisotopic (exact) mass is 182 g/mol. The van der Waals surface area contributed by atoms with Crippen LogP contribution in [0.15, 0.2) is 30.3 Å². The van der Waals surface area contributed by atoms with Gasteiger partial charge in [0.25, 0.3) is 0 Å². The zero-order valence-electron chi connectivity index (χ0n) is 7.63. The first-order chi connectivity index (χ1) is 5.70. The van der Waals surface area contributed by atoms with E-state index < -0.39 is 0 Å². The van der Waals surface area contributed by atoms with Gasteiger partial charge in [0.05, 0.1) is 0 Å². The van der Waals surface area contributed by atoms with Crippen molar-refractivity contribution in [3.63, 3.8) is 0 Å². The van der Waals surface area contributed by atoms with Gasteiger partial charge < -0.3 is 0 Å². The van der Waals surface area contributed by atoms with E-state index in [0.29, 0.717) is 5.92 Å². The molecular weight excluding hydrogens is 168 g/mol. The van der Waals surface area contributed by atoms with Crippen molar-refractivity contribution in [3.8, 4) is 0 Å². The van der Waals surface area contributed by atoms with E-state index in [1.165, 1.54) is 5.56 Å². The maximum atomic E-state index is 5.98. The molecular formula is C11H15Cl. The van der Waals surface area contributed by atoms with Gasteiger partial charge in [-0.15, -0.1) is 11.6 Å². The van der Waals surface area contributed by atoms with Crippen LogP contribution in [0.5, 0.6) is 0 Å². The van der Waals surface area contributed by atoms with Crippen LogP contribution in [0.25, 0.3) is 0 Å². The fourth-order valence-corrected chi connectivity index (χ4v) is 1.24. The van der Waals surface area contributed by atoms with Gasteiger partial charge in [-0.25, -0.2) is 0 Å². The minimum Gasteiger partial charge on any atom is -0.123 e. The minimum absolute atomic E-state index is 0.255. The molecule has 0 spiro atoms. The van der Waals surface area contributed by atoms with Gasteiger partial charge in [0.2, 0.25) is 0 Å². The molecule has 12 heavy (non-hydrogen) atoms. The quantitative estimate of drug-likeness (QED) is 0.628. The zero-order valence-corrected chi connectivity index (χ0v) is 8.38. The Labute approximate surface area is 79.6 Å². The van der Waals surface area contributed by atoms with Gasteiger partial charge in [-0.2, -0.15) is 0 Å². The topological polar surface area (TPSA) is 0 Å². The van der Waals surface area contributed by atoms with Crippen LogP contribution in [0.2, 0.25) is 0 Å². The van der Waals surface area contributed by atoms with Crippen LogP contribution in [0.1, 0.15) is 19.4 Å². The molecule has 66 valence electrons. The van der Waals surface area contributed by atoms with E-state index in [4.69, 9.17) is 11.6 Å². The highest BCUT2D eigenvalue weighted by Crippen LogP contribution is 2.15. The van der Waals surface area contributed by atoms with E-state index in [1.54, 1.807) is 0 Å². The third kappa shape index (κ3) is 2.86. The predicted molar refractivity (Wildman–Crippen MR) is 54.6 cm³/mol. The fourth-order valence-electron chi connectivity index (χ4n) is 1.15. The summed E-state index contributed by atoms with van der Waals surface area (Å²) in [5.74, 6) is 0.550. The molecule has 0 aliphatic rings. The Hall–Kier alpha value is -0.490. The van der Waals surface area contributed by atoms with Crippen molar-refractivity contribution < 1.29 is 0 Å². The highest BCUT2D eigenvalue weighted by atomic mass is 35.5. The maximum absolute atomic E-state index is 5.98. The molecule has 1 aromatic rings. The molecule has 2 unspecified atom stereocenters. The molecule has 0 N–H and O–H groups in total. The van der Waals surface area contributed by atoms with Crippen LogP contribution in [-0.4, -0.2) is 5.38 Å². The molecule has 0 fully saturated rings. The standard InChI is InChI=1S/C11H15Cl/c1-9(10(2)12)8-11-6-4-3-5-7-11/h3-7,9-10H,8H2,1-2H3. The Balaban J connectivity index is 2.53. The fraction of sp³-hybridized carbons (Fsp3) is 0.455. The first kappa shape index (κ1) is 9.60. The van der Waals surface area contributed by atoms with Crippen LogP contribution in [0, 0.1) is 5.92 Å². The Morgan fingerprint density at radius 1 is 1.17 bits per heavy atom. The first-order valence-corrected chi connectivity index (χ1v) is 4.82. The van der Waals surface area contributed by atoms with Crippen molar-refractivity contribution >= 4 is 11.6 Å². The lowest BCUT2D eigenvalue weighted by Crippen LogP contribution is -2.09. The third-order valence-electron chi connectivity index (χ3n) is 2.18. The second-order valence-electron chi connectivity index (χ2n) is 3.34. The van der Waals surface area contributed by atoms with Crippen molar-refractivity contribution in [2.75, 3.05) is 0 Å². The second-order valence-corrected chi connectivity index (χ2v) is 4.03. The number of benzene rings is 1. The predicted octanol–water partition coefficient (Wildman–Crippen LogP) is 3.49. The molecule has 0 saturated carbocycles. The van der Waals surface area contributed by atoms with E-state index in [0.717, 1.165) is 6.42 Å². The molecule has 1 aromatic carbocycles. The Kier molecular flexibility index (Phi) is 3.61. The highest BCUT2D eigenvalue weighted by molar-refractivity contribution is 6.20. The van der Waals surface area contributed by atoms with Crippen LogP contribution >= 0.6 is 11.6 Å². The van der Waals surface area contributed by atoms with E-state index in [2.05, 4.69) is 38.1 Å². The first-order valence-electron chi connectivity index (χ1n) is 4.38. The summed E-state index contributed by atoms with van der Waals surface area (Å²) in [6.45, 7) is 4.24. The van der Waals surface area contributed by atoms with E-state index in [1.807, 2.05) is 6.07 Å². The molecule has 0 amide bonds. The molecule has 2 atom stereocenters. The maximum Gasteiger partial charge on any atom is 0.0336 e. The van der Waals surface area contributed by atoms with Gasteiger partial charge in [0, 0.05) is 5.38 Å². The second kappa shape index (κ2) is 4.51. The van der Waals surface area contributed by atoms with Crippen molar-refractivity contribution in [1.29, 1.82) is 0 Å². The van der Waals surface area contributed by atoms with Crippen LogP contribution in [-0.2, 0) is 6.42 Å². The lowest BCUT2D eigenvalue weighted by Gasteiger charge is -2.13. The van der Waals surface area contributed by atoms with E-state index in [-0.39, 0.29) is 5.38 Å². The smallest absolute Gasteiger partial charge is 0.0336 e. The average molecular weight is 183 g/mol. The van der Waals surface area contributed by atoms with Gasteiger partial charge in [-0.3, -0.25) is 0 Å². The molecule has 0 aliphatic heterocycles. The molecule has 0 nitrogen and oxygen atoms in total. The van der Waals surface area contributed by atoms with Gasteiger partial charge in [-0.1, -0.05) is 37.3 Å². The summed E-state index contributed by atoms with van der Waals surface area (Å²) in [6, 6.07) is 10.5. The zero-order chi connectivity index (χ0) is 8.97. The lowest BCUT2D eigenvalue weighted by atomic mass is 9.99. The Morgan fingerprint density at radius 3 is 2.25 bits per heavy atom. The summed E-state index contributed by atoms with van der Waals surface area (Å²) in [7, 11) is 0. The summed E-state index contributed by atoms with van der Waals surface area (Å²) in [5, 5.41) is 0.255. The average Bonchev–Trinajstić information content (AvgIpc) is 2.06. The SMILES string of the molecule is CC(Cl)C(C)Cc1ccccc1. The van der Waals surface area contributed by atoms with Gasteiger partial charge in [0.1, 0.15) is 0 Å². The van der Waals surface area contributed by atoms with Crippen molar-refractivity contribution in [3.05, 3.63) is 35.9 Å². The van der Waals surface area contributed by atoms with Gasteiger partial charge in [-0.05, 0) is 24.8 Å². The number of hydrogen-bond acceptors (Lipinski definition) is 0. The van der Waals surface area contributed by atoms with Gasteiger partial charge in [0.15, 0.2) is 0 Å². The van der Waals surface area contributed by atoms with Crippen molar-refractivity contribution in [1.82, 2.24) is 0 Å². The molecule has 0 bridgehead atoms. The molecule has 1 rings (SSSR count). The molecule has 0 heterocycles. The molecule has 0 aromatic heterocycles. The Bertz CT molecular complexity index is 216. The summed E-state index contributed by atoms with van der Waals surface area (Å²) in [6.07, 6.45) is 1.07.